The van der Waals surface area contributed by atoms with Gasteiger partial charge >= 0.3 is 5.97 Å². The van der Waals surface area contributed by atoms with Crippen molar-refractivity contribution in [3.8, 4) is 5.75 Å². The summed E-state index contributed by atoms with van der Waals surface area (Å²) in [5.74, 6) is -0.435. The molecule has 0 spiro atoms. The molecule has 0 saturated heterocycles. The van der Waals surface area contributed by atoms with E-state index < -0.39 is 11.8 Å². The van der Waals surface area contributed by atoms with Crippen LogP contribution in [-0.2, 0) is 4.74 Å². The van der Waals surface area contributed by atoms with Crippen LogP contribution >= 0.6 is 0 Å². The standard InChI is InChI=1S/C16H16FNO3/c17-14-11-12(7-8-15(14)18)16(19)21-10-4-9-20-13-5-2-1-3-6-13/h1-3,5-8,11H,4,9-10,18H2. The van der Waals surface area contributed by atoms with Crippen LogP contribution in [0.2, 0.25) is 0 Å². The van der Waals surface area contributed by atoms with E-state index in [2.05, 4.69) is 0 Å². The molecule has 0 aliphatic heterocycles. The highest BCUT2D eigenvalue weighted by Gasteiger charge is 2.09. The molecule has 2 N–H and O–H groups in total. The van der Waals surface area contributed by atoms with Gasteiger partial charge in [0.15, 0.2) is 0 Å². The largest absolute Gasteiger partial charge is 0.493 e. The van der Waals surface area contributed by atoms with Gasteiger partial charge < -0.3 is 15.2 Å². The third kappa shape index (κ3) is 4.49. The number of halogens is 1. The molecule has 0 radical (unpaired) electrons. The van der Waals surface area contributed by atoms with Crippen LogP contribution < -0.4 is 10.5 Å². The molecule has 2 rings (SSSR count). The molecule has 0 aliphatic rings. The van der Waals surface area contributed by atoms with E-state index in [1.54, 1.807) is 0 Å². The van der Waals surface area contributed by atoms with Gasteiger partial charge in [-0.05, 0) is 30.3 Å². The first-order valence-corrected chi connectivity index (χ1v) is 6.57. The van der Waals surface area contributed by atoms with Crippen molar-refractivity contribution >= 4 is 11.7 Å². The lowest BCUT2D eigenvalue weighted by Crippen LogP contribution is -2.10. The smallest absolute Gasteiger partial charge is 0.338 e. The summed E-state index contributed by atoms with van der Waals surface area (Å²) in [5.41, 5.74) is 5.49. The Kier molecular flexibility index (Phi) is 5.15. The summed E-state index contributed by atoms with van der Waals surface area (Å²) in [4.78, 5) is 11.7. The first-order valence-electron chi connectivity index (χ1n) is 6.57. The molecule has 0 atom stereocenters. The number of hydrogen-bond acceptors (Lipinski definition) is 4. The summed E-state index contributed by atoms with van der Waals surface area (Å²) in [6.07, 6.45) is 0.554. The van der Waals surface area contributed by atoms with Gasteiger partial charge in [-0.3, -0.25) is 0 Å². The Morgan fingerprint density at radius 2 is 1.86 bits per heavy atom. The number of ether oxygens (including phenoxy) is 2. The van der Waals surface area contributed by atoms with Crippen LogP contribution in [-0.4, -0.2) is 19.2 Å². The Labute approximate surface area is 122 Å². The van der Waals surface area contributed by atoms with Gasteiger partial charge in [0, 0.05) is 6.42 Å². The summed E-state index contributed by atoms with van der Waals surface area (Å²) in [6, 6.07) is 13.2. The third-order valence-corrected chi connectivity index (χ3v) is 2.77. The SMILES string of the molecule is Nc1ccc(C(=O)OCCCOc2ccccc2)cc1F. The van der Waals surface area contributed by atoms with E-state index in [1.807, 2.05) is 30.3 Å². The Morgan fingerprint density at radius 3 is 2.57 bits per heavy atom. The number of hydrogen-bond donors (Lipinski definition) is 1. The number of benzene rings is 2. The van der Waals surface area contributed by atoms with Gasteiger partial charge in [0.25, 0.3) is 0 Å². The van der Waals surface area contributed by atoms with Crippen molar-refractivity contribution in [2.75, 3.05) is 18.9 Å². The molecule has 5 heteroatoms. The van der Waals surface area contributed by atoms with Crippen molar-refractivity contribution < 1.29 is 18.7 Å². The average Bonchev–Trinajstić information content (AvgIpc) is 2.50. The van der Waals surface area contributed by atoms with Gasteiger partial charge in [0.1, 0.15) is 11.6 Å². The zero-order chi connectivity index (χ0) is 15.1. The molecule has 4 nitrogen and oxygen atoms in total. The molecular weight excluding hydrogens is 273 g/mol. The Bertz CT molecular complexity index is 602. The molecule has 0 bridgehead atoms. The highest BCUT2D eigenvalue weighted by molar-refractivity contribution is 5.89. The highest BCUT2D eigenvalue weighted by atomic mass is 19.1. The lowest BCUT2D eigenvalue weighted by Gasteiger charge is -2.07. The van der Waals surface area contributed by atoms with E-state index in [0.717, 1.165) is 11.8 Å². The Hall–Kier alpha value is -2.56. The maximum Gasteiger partial charge on any atom is 0.338 e. The lowest BCUT2D eigenvalue weighted by molar-refractivity contribution is 0.0485. The number of nitrogen functional groups attached to an aromatic ring is 1. The molecule has 0 amide bonds. The van der Waals surface area contributed by atoms with E-state index >= 15 is 0 Å². The van der Waals surface area contributed by atoms with E-state index in [4.69, 9.17) is 15.2 Å². The molecule has 0 heterocycles. The van der Waals surface area contributed by atoms with Crippen molar-refractivity contribution in [1.29, 1.82) is 0 Å². The van der Waals surface area contributed by atoms with E-state index in [1.165, 1.54) is 12.1 Å². The molecular formula is C16H16FNO3. The normalized spacial score (nSPS) is 10.1. The molecule has 0 saturated carbocycles. The van der Waals surface area contributed by atoms with Crippen LogP contribution in [0.15, 0.2) is 48.5 Å². The minimum absolute atomic E-state index is 0.00260. The van der Waals surface area contributed by atoms with Gasteiger partial charge in [0.2, 0.25) is 0 Å². The topological polar surface area (TPSA) is 61.6 Å². The highest BCUT2D eigenvalue weighted by Crippen LogP contribution is 2.13. The molecule has 0 aliphatic carbocycles. The van der Waals surface area contributed by atoms with Crippen LogP contribution in [0, 0.1) is 5.82 Å². The fourth-order valence-corrected chi connectivity index (χ4v) is 1.67. The maximum absolute atomic E-state index is 13.2. The van der Waals surface area contributed by atoms with Crippen LogP contribution in [0.25, 0.3) is 0 Å². The molecule has 2 aromatic carbocycles. The molecule has 0 unspecified atom stereocenters. The second-order valence-electron chi connectivity index (χ2n) is 4.39. The molecule has 110 valence electrons. The average molecular weight is 289 g/mol. The molecule has 0 fully saturated rings. The summed E-state index contributed by atoms with van der Waals surface area (Å²) in [5, 5.41) is 0. The zero-order valence-corrected chi connectivity index (χ0v) is 11.4. The van der Waals surface area contributed by atoms with Gasteiger partial charge in [0.05, 0.1) is 24.5 Å². The summed E-state index contributed by atoms with van der Waals surface area (Å²) in [7, 11) is 0. The third-order valence-electron chi connectivity index (χ3n) is 2.77. The van der Waals surface area contributed by atoms with Crippen LogP contribution in [0.4, 0.5) is 10.1 Å². The van der Waals surface area contributed by atoms with Crippen LogP contribution in [0.3, 0.4) is 0 Å². The van der Waals surface area contributed by atoms with Crippen molar-refractivity contribution in [3.63, 3.8) is 0 Å². The predicted molar refractivity (Wildman–Crippen MR) is 77.6 cm³/mol. The number of anilines is 1. The number of nitrogens with two attached hydrogens (primary N) is 1. The van der Waals surface area contributed by atoms with Gasteiger partial charge in [-0.25, -0.2) is 9.18 Å². The molecule has 21 heavy (non-hydrogen) atoms. The Balaban J connectivity index is 1.71. The maximum atomic E-state index is 13.2. The number of esters is 1. The minimum Gasteiger partial charge on any atom is -0.493 e. The number of carbonyl (C=O) groups is 1. The van der Waals surface area contributed by atoms with E-state index in [0.29, 0.717) is 13.0 Å². The second-order valence-corrected chi connectivity index (χ2v) is 4.39. The quantitative estimate of drug-likeness (QED) is 0.504. The summed E-state index contributed by atoms with van der Waals surface area (Å²) < 4.78 is 23.7. The minimum atomic E-state index is -0.628. The Morgan fingerprint density at radius 1 is 1.10 bits per heavy atom. The number of carbonyl (C=O) groups excluding carboxylic acids is 1. The number of rotatable bonds is 6. The summed E-state index contributed by atoms with van der Waals surface area (Å²) in [6.45, 7) is 0.644. The van der Waals surface area contributed by atoms with Gasteiger partial charge in [-0.15, -0.1) is 0 Å². The summed E-state index contributed by atoms with van der Waals surface area (Å²) >= 11 is 0. The molecule has 0 aromatic heterocycles. The van der Waals surface area contributed by atoms with Crippen molar-refractivity contribution in [3.05, 3.63) is 59.9 Å². The van der Waals surface area contributed by atoms with Gasteiger partial charge in [-0.1, -0.05) is 18.2 Å². The zero-order valence-electron chi connectivity index (χ0n) is 11.4. The van der Waals surface area contributed by atoms with Crippen LogP contribution in [0.5, 0.6) is 5.75 Å². The van der Waals surface area contributed by atoms with Gasteiger partial charge in [-0.2, -0.15) is 0 Å². The lowest BCUT2D eigenvalue weighted by atomic mass is 10.2. The number of para-hydroxylation sites is 1. The fraction of sp³-hybridized carbons (Fsp3) is 0.188. The van der Waals surface area contributed by atoms with Crippen molar-refractivity contribution in [1.82, 2.24) is 0 Å². The predicted octanol–water partition coefficient (Wildman–Crippen LogP) is 3.03. The monoisotopic (exact) mass is 289 g/mol. The van der Waals surface area contributed by atoms with Crippen molar-refractivity contribution in [2.24, 2.45) is 0 Å². The second kappa shape index (κ2) is 7.28. The fourth-order valence-electron chi connectivity index (χ4n) is 1.67. The first-order chi connectivity index (χ1) is 10.2. The van der Waals surface area contributed by atoms with E-state index in [9.17, 15) is 9.18 Å². The molecule has 2 aromatic rings. The first kappa shape index (κ1) is 14.8. The van der Waals surface area contributed by atoms with E-state index in [-0.39, 0.29) is 17.9 Å². The van der Waals surface area contributed by atoms with Crippen molar-refractivity contribution in [2.45, 2.75) is 6.42 Å². The van der Waals surface area contributed by atoms with Crippen LogP contribution in [0.1, 0.15) is 16.8 Å².